The number of carbonyl (C=O) groups excluding carboxylic acids is 1. The van der Waals surface area contributed by atoms with Gasteiger partial charge in [0.1, 0.15) is 6.04 Å². The van der Waals surface area contributed by atoms with Crippen molar-refractivity contribution in [2.75, 3.05) is 0 Å². The standard InChI is InChI=1S/C5H10N2O3/c6-3(5(9)10)1-2-4(7)8/h3H,1-2,6H2,(H2,7,8)(H,9,10)/t3-/m0/s1/i3+2. The molecule has 0 aliphatic heterocycles. The molecule has 0 fully saturated rings. The van der Waals surface area contributed by atoms with Crippen molar-refractivity contribution in [2.45, 2.75) is 18.9 Å². The third-order valence-corrected chi connectivity index (χ3v) is 1.02. The Morgan fingerprint density at radius 1 is 1.50 bits per heavy atom. The van der Waals surface area contributed by atoms with Crippen molar-refractivity contribution < 1.29 is 14.7 Å². The van der Waals surface area contributed by atoms with E-state index in [0.717, 1.165) is 0 Å². The molecule has 0 heterocycles. The summed E-state index contributed by atoms with van der Waals surface area (Å²) in [4.78, 5) is 20.1. The highest BCUT2D eigenvalue weighted by Gasteiger charge is 2.11. The summed E-state index contributed by atoms with van der Waals surface area (Å²) in [7, 11) is 0. The molecule has 0 unspecified atom stereocenters. The summed E-state index contributed by atoms with van der Waals surface area (Å²) in [6, 6.07) is -0.979. The Kier molecular flexibility index (Phi) is 3.42. The minimum atomic E-state index is -1.11. The van der Waals surface area contributed by atoms with Gasteiger partial charge in [0.05, 0.1) is 0 Å². The molecule has 0 aromatic heterocycles. The van der Waals surface area contributed by atoms with Gasteiger partial charge in [-0.3, -0.25) is 9.59 Å². The van der Waals surface area contributed by atoms with Crippen LogP contribution >= 0.6 is 0 Å². The van der Waals surface area contributed by atoms with Crippen LogP contribution in [0.5, 0.6) is 0 Å². The topological polar surface area (TPSA) is 106 Å². The molecule has 5 nitrogen and oxygen atoms in total. The Labute approximate surface area is 58.0 Å². The normalized spacial score (nSPS) is 12.5. The molecule has 0 saturated heterocycles. The highest BCUT2D eigenvalue weighted by atomic mass is 16.4. The average molecular weight is 148 g/mol. The number of carbonyl (C=O) groups is 2. The summed E-state index contributed by atoms with van der Waals surface area (Å²) in [5.74, 6) is -1.64. The molecule has 0 aromatic rings. The zero-order chi connectivity index (χ0) is 8.15. The van der Waals surface area contributed by atoms with Gasteiger partial charge in [0, 0.05) is 6.42 Å². The Morgan fingerprint density at radius 3 is 2.30 bits per heavy atom. The lowest BCUT2D eigenvalue weighted by molar-refractivity contribution is -0.138. The zero-order valence-electron chi connectivity index (χ0n) is 5.41. The van der Waals surface area contributed by atoms with Gasteiger partial charge in [0.15, 0.2) is 0 Å². The lowest BCUT2D eigenvalue weighted by Crippen LogP contribution is -2.31. The first-order valence-electron chi connectivity index (χ1n) is 2.80. The van der Waals surface area contributed by atoms with Crippen LogP contribution in [0.25, 0.3) is 0 Å². The van der Waals surface area contributed by atoms with Crippen LogP contribution in [0.1, 0.15) is 12.8 Å². The SMILES string of the molecule is NC(=O)CC[14C@H](N)C(=O)O. The Hall–Kier alpha value is -1.10. The second-order valence-corrected chi connectivity index (χ2v) is 1.95. The fourth-order valence-electron chi connectivity index (χ4n) is 0.421. The number of primary amides is 1. The Bertz CT molecular complexity index is 146. The molecule has 0 rings (SSSR count). The van der Waals surface area contributed by atoms with Crippen molar-refractivity contribution >= 4 is 11.9 Å². The van der Waals surface area contributed by atoms with E-state index in [2.05, 4.69) is 0 Å². The van der Waals surface area contributed by atoms with Crippen LogP contribution in [-0.2, 0) is 9.59 Å². The molecule has 1 amide bonds. The van der Waals surface area contributed by atoms with Crippen LogP contribution in [-0.4, -0.2) is 23.0 Å². The molecule has 0 aromatic carbocycles. The van der Waals surface area contributed by atoms with E-state index in [4.69, 9.17) is 16.6 Å². The van der Waals surface area contributed by atoms with Crippen LogP contribution in [0.15, 0.2) is 0 Å². The molecule has 0 saturated carbocycles. The van der Waals surface area contributed by atoms with Crippen molar-refractivity contribution in [1.29, 1.82) is 0 Å². The highest BCUT2D eigenvalue weighted by molar-refractivity contribution is 5.76. The van der Waals surface area contributed by atoms with Crippen molar-refractivity contribution in [3.05, 3.63) is 0 Å². The molecule has 0 aliphatic rings. The van der Waals surface area contributed by atoms with Gasteiger partial charge in [-0.2, -0.15) is 0 Å². The first kappa shape index (κ1) is 8.90. The largest absolute Gasteiger partial charge is 0.480 e. The molecule has 58 valence electrons. The predicted octanol–water partition coefficient (Wildman–Crippen LogP) is -1.34. The minimum Gasteiger partial charge on any atom is -0.480 e. The summed E-state index contributed by atoms with van der Waals surface area (Å²) in [6.45, 7) is 0. The fourth-order valence-corrected chi connectivity index (χ4v) is 0.421. The third-order valence-electron chi connectivity index (χ3n) is 1.02. The van der Waals surface area contributed by atoms with Crippen LogP contribution in [0, 0.1) is 0 Å². The number of rotatable bonds is 4. The lowest BCUT2D eigenvalue weighted by atomic mass is 10.4. The average Bonchev–Trinajstić information content (AvgIpc) is 1.82. The van der Waals surface area contributed by atoms with Gasteiger partial charge in [0.2, 0.25) is 5.91 Å². The molecule has 0 aliphatic carbocycles. The number of hydrogen-bond donors (Lipinski definition) is 3. The van der Waals surface area contributed by atoms with E-state index in [1.165, 1.54) is 0 Å². The second kappa shape index (κ2) is 3.84. The van der Waals surface area contributed by atoms with Gasteiger partial charge in [0.25, 0.3) is 0 Å². The molecule has 0 spiro atoms. The Morgan fingerprint density at radius 2 is 2.00 bits per heavy atom. The van der Waals surface area contributed by atoms with E-state index in [9.17, 15) is 9.59 Å². The Balaban J connectivity index is 3.49. The summed E-state index contributed by atoms with van der Waals surface area (Å²) < 4.78 is 0. The molecule has 5 heteroatoms. The van der Waals surface area contributed by atoms with E-state index >= 15 is 0 Å². The number of carboxylic acids is 1. The van der Waals surface area contributed by atoms with E-state index in [0.29, 0.717) is 0 Å². The fraction of sp³-hybridized carbons (Fsp3) is 0.600. The second-order valence-electron chi connectivity index (χ2n) is 1.95. The van der Waals surface area contributed by atoms with E-state index in [1.54, 1.807) is 0 Å². The monoisotopic (exact) mass is 148 g/mol. The molecule has 0 bridgehead atoms. The maximum Gasteiger partial charge on any atom is 0.320 e. The minimum absolute atomic E-state index is 0.0213. The van der Waals surface area contributed by atoms with E-state index in [-0.39, 0.29) is 12.8 Å². The van der Waals surface area contributed by atoms with Crippen LogP contribution in [0.2, 0.25) is 0 Å². The number of carboxylic acid groups (broad SMARTS) is 1. The van der Waals surface area contributed by atoms with Gasteiger partial charge >= 0.3 is 5.97 Å². The van der Waals surface area contributed by atoms with Crippen molar-refractivity contribution in [3.63, 3.8) is 0 Å². The van der Waals surface area contributed by atoms with Gasteiger partial charge in [-0.1, -0.05) is 0 Å². The van der Waals surface area contributed by atoms with Crippen molar-refractivity contribution in [2.24, 2.45) is 11.5 Å². The van der Waals surface area contributed by atoms with Gasteiger partial charge < -0.3 is 16.6 Å². The van der Waals surface area contributed by atoms with Crippen LogP contribution < -0.4 is 11.5 Å². The maximum atomic E-state index is 10.1. The zero-order valence-corrected chi connectivity index (χ0v) is 5.41. The molecule has 1 atom stereocenters. The molecular formula is C5H10N2O3. The molecular weight excluding hydrogens is 138 g/mol. The van der Waals surface area contributed by atoms with E-state index in [1.807, 2.05) is 0 Å². The van der Waals surface area contributed by atoms with Gasteiger partial charge in [-0.25, -0.2) is 0 Å². The lowest BCUT2D eigenvalue weighted by Gasteiger charge is -2.01. The molecule has 5 N–H and O–H groups in total. The summed E-state index contributed by atoms with van der Waals surface area (Å²) in [5, 5.41) is 8.22. The quantitative estimate of drug-likeness (QED) is 0.458. The van der Waals surface area contributed by atoms with Crippen LogP contribution in [0.4, 0.5) is 0 Å². The summed E-state index contributed by atoms with van der Waals surface area (Å²) in [6.07, 6.45) is 0.123. The number of amides is 1. The van der Waals surface area contributed by atoms with Gasteiger partial charge in [-0.05, 0) is 6.42 Å². The molecule has 0 radical (unpaired) electrons. The third kappa shape index (κ3) is 3.85. The first-order chi connectivity index (χ1) is 4.54. The van der Waals surface area contributed by atoms with Crippen molar-refractivity contribution in [1.82, 2.24) is 0 Å². The number of hydrogen-bond acceptors (Lipinski definition) is 3. The van der Waals surface area contributed by atoms with Crippen LogP contribution in [0.3, 0.4) is 0 Å². The van der Waals surface area contributed by atoms with E-state index < -0.39 is 17.9 Å². The predicted molar refractivity (Wildman–Crippen MR) is 34.0 cm³/mol. The highest BCUT2D eigenvalue weighted by Crippen LogP contribution is 1.92. The first-order valence-corrected chi connectivity index (χ1v) is 2.80. The number of nitrogens with two attached hydrogens (primary N) is 2. The van der Waals surface area contributed by atoms with Crippen molar-refractivity contribution in [3.8, 4) is 0 Å². The summed E-state index contributed by atoms with van der Waals surface area (Å²) in [5.41, 5.74) is 9.81. The number of aliphatic carboxylic acids is 1. The summed E-state index contributed by atoms with van der Waals surface area (Å²) >= 11 is 0. The smallest absolute Gasteiger partial charge is 0.320 e. The molecule has 10 heavy (non-hydrogen) atoms. The van der Waals surface area contributed by atoms with Gasteiger partial charge in [-0.15, -0.1) is 0 Å². The maximum absolute atomic E-state index is 10.1.